The molecule has 2 heterocycles. The van der Waals surface area contributed by atoms with Crippen LogP contribution < -0.4 is 15.8 Å². The average molecular weight is 310 g/mol. The minimum absolute atomic E-state index is 0.216. The Kier molecular flexibility index (Phi) is 4.52. The van der Waals surface area contributed by atoms with Crippen LogP contribution in [0, 0.1) is 0 Å². The number of hydrogen-bond acceptors (Lipinski definition) is 4. The van der Waals surface area contributed by atoms with Gasteiger partial charge in [0.05, 0.1) is 6.54 Å². The van der Waals surface area contributed by atoms with E-state index in [2.05, 4.69) is 21.9 Å². The maximum Gasteiger partial charge on any atom is 0.269 e. The van der Waals surface area contributed by atoms with Crippen molar-refractivity contribution in [2.75, 3.05) is 18.0 Å². The van der Waals surface area contributed by atoms with Gasteiger partial charge in [0.25, 0.3) is 11.8 Å². The Morgan fingerprint density at radius 3 is 2.70 bits per heavy atom. The summed E-state index contributed by atoms with van der Waals surface area (Å²) in [5, 5.41) is 0. The molecule has 118 valence electrons. The number of nitrogens with zero attached hydrogens (tertiary/aromatic N) is 2. The third-order valence-corrected chi connectivity index (χ3v) is 3.80. The number of carbonyl (C=O) groups is 2. The predicted molar refractivity (Wildman–Crippen MR) is 86.8 cm³/mol. The van der Waals surface area contributed by atoms with E-state index in [4.69, 9.17) is 0 Å². The molecule has 2 aromatic rings. The summed E-state index contributed by atoms with van der Waals surface area (Å²) in [6.45, 7) is 1.05. The van der Waals surface area contributed by atoms with Crippen LogP contribution in [-0.4, -0.2) is 29.9 Å². The molecular weight excluding hydrogens is 292 g/mol. The van der Waals surface area contributed by atoms with Crippen molar-refractivity contribution in [3.8, 4) is 0 Å². The Bertz CT molecular complexity index is 703. The molecular formula is C17H18N4O2. The van der Waals surface area contributed by atoms with Crippen LogP contribution in [0.4, 0.5) is 5.69 Å². The summed E-state index contributed by atoms with van der Waals surface area (Å²) in [5.74, 6) is -0.607. The maximum absolute atomic E-state index is 12.1. The molecule has 0 saturated heterocycles. The number of benzene rings is 1. The number of amides is 2. The van der Waals surface area contributed by atoms with Gasteiger partial charge in [-0.25, -0.2) is 0 Å². The number of rotatable bonds is 3. The van der Waals surface area contributed by atoms with Gasteiger partial charge < -0.3 is 4.90 Å². The zero-order valence-electron chi connectivity index (χ0n) is 12.7. The fourth-order valence-electron chi connectivity index (χ4n) is 2.69. The van der Waals surface area contributed by atoms with E-state index in [0.29, 0.717) is 5.56 Å². The third-order valence-electron chi connectivity index (χ3n) is 3.80. The molecule has 0 saturated carbocycles. The molecule has 0 atom stereocenters. The third kappa shape index (κ3) is 3.66. The summed E-state index contributed by atoms with van der Waals surface area (Å²) >= 11 is 0. The van der Waals surface area contributed by atoms with Crippen molar-refractivity contribution in [2.24, 2.45) is 0 Å². The number of aromatic nitrogens is 1. The van der Waals surface area contributed by atoms with E-state index >= 15 is 0 Å². The fraction of sp³-hybridized carbons (Fsp3) is 0.235. The van der Waals surface area contributed by atoms with Gasteiger partial charge in [-0.15, -0.1) is 0 Å². The molecule has 0 bridgehead atoms. The van der Waals surface area contributed by atoms with Crippen LogP contribution in [0.3, 0.4) is 0 Å². The van der Waals surface area contributed by atoms with Crippen molar-refractivity contribution in [1.82, 2.24) is 15.8 Å². The summed E-state index contributed by atoms with van der Waals surface area (Å²) < 4.78 is 0. The van der Waals surface area contributed by atoms with Gasteiger partial charge in [0, 0.05) is 30.2 Å². The van der Waals surface area contributed by atoms with Gasteiger partial charge in [0.1, 0.15) is 0 Å². The SMILES string of the molecule is O=C(CN1CCCc2ccccc21)NNC(=O)c1ccncc1. The monoisotopic (exact) mass is 310 g/mol. The molecule has 2 N–H and O–H groups in total. The lowest BCUT2D eigenvalue weighted by atomic mass is 10.0. The quantitative estimate of drug-likeness (QED) is 0.838. The van der Waals surface area contributed by atoms with Gasteiger partial charge in [-0.1, -0.05) is 18.2 Å². The standard InChI is InChI=1S/C17H18N4O2/c22-16(19-20-17(23)14-7-9-18-10-8-14)12-21-11-3-5-13-4-1-2-6-15(13)21/h1-2,4,6-10H,3,5,11-12H2,(H,19,22)(H,20,23). The van der Waals surface area contributed by atoms with Gasteiger partial charge in [-0.2, -0.15) is 0 Å². The molecule has 6 nitrogen and oxygen atoms in total. The van der Waals surface area contributed by atoms with Gasteiger partial charge in [-0.3, -0.25) is 25.4 Å². The van der Waals surface area contributed by atoms with Crippen molar-refractivity contribution >= 4 is 17.5 Å². The molecule has 1 aliphatic heterocycles. The molecule has 2 amide bonds. The second-order valence-corrected chi connectivity index (χ2v) is 5.39. The van der Waals surface area contributed by atoms with Crippen LogP contribution in [-0.2, 0) is 11.2 Å². The number of para-hydroxylation sites is 1. The van der Waals surface area contributed by atoms with Gasteiger partial charge in [0.2, 0.25) is 0 Å². The highest BCUT2D eigenvalue weighted by Gasteiger charge is 2.18. The summed E-state index contributed by atoms with van der Waals surface area (Å²) in [6.07, 6.45) is 5.11. The van der Waals surface area contributed by atoms with Gasteiger partial charge >= 0.3 is 0 Å². The Labute approximate surface area is 134 Å². The van der Waals surface area contributed by atoms with Crippen molar-refractivity contribution < 1.29 is 9.59 Å². The number of nitrogens with one attached hydrogen (secondary N) is 2. The van der Waals surface area contributed by atoms with E-state index in [-0.39, 0.29) is 18.4 Å². The molecule has 1 aliphatic rings. The number of hydrogen-bond donors (Lipinski definition) is 2. The first-order chi connectivity index (χ1) is 11.2. The van der Waals surface area contributed by atoms with E-state index in [1.807, 2.05) is 23.1 Å². The smallest absolute Gasteiger partial charge is 0.269 e. The van der Waals surface area contributed by atoms with Crippen LogP contribution in [0.25, 0.3) is 0 Å². The van der Waals surface area contributed by atoms with Crippen molar-refractivity contribution in [1.29, 1.82) is 0 Å². The Morgan fingerprint density at radius 1 is 1.09 bits per heavy atom. The van der Waals surface area contributed by atoms with Crippen LogP contribution in [0.5, 0.6) is 0 Å². The number of carbonyl (C=O) groups excluding carboxylic acids is 2. The highest BCUT2D eigenvalue weighted by Crippen LogP contribution is 2.26. The highest BCUT2D eigenvalue weighted by molar-refractivity contribution is 5.95. The number of anilines is 1. The molecule has 23 heavy (non-hydrogen) atoms. The number of pyridine rings is 1. The molecule has 6 heteroatoms. The van der Waals surface area contributed by atoms with E-state index < -0.39 is 0 Å². The largest absolute Gasteiger partial charge is 0.362 e. The molecule has 3 rings (SSSR count). The number of aryl methyl sites for hydroxylation is 1. The van der Waals surface area contributed by atoms with Crippen molar-refractivity contribution in [3.05, 3.63) is 59.9 Å². The van der Waals surface area contributed by atoms with E-state index in [9.17, 15) is 9.59 Å². The Morgan fingerprint density at radius 2 is 1.87 bits per heavy atom. The molecule has 1 aromatic heterocycles. The lowest BCUT2D eigenvalue weighted by Crippen LogP contribution is -2.47. The maximum atomic E-state index is 12.1. The van der Waals surface area contributed by atoms with Crippen LogP contribution in [0.1, 0.15) is 22.3 Å². The Hall–Kier alpha value is -2.89. The van der Waals surface area contributed by atoms with Crippen molar-refractivity contribution in [2.45, 2.75) is 12.8 Å². The predicted octanol–water partition coefficient (Wildman–Crippen LogP) is 1.30. The Balaban J connectivity index is 1.55. The average Bonchev–Trinajstić information content (AvgIpc) is 2.61. The van der Waals surface area contributed by atoms with Gasteiger partial charge in [0.15, 0.2) is 0 Å². The summed E-state index contributed by atoms with van der Waals surface area (Å²) in [4.78, 5) is 29.8. The molecule has 0 unspecified atom stereocenters. The molecule has 0 aliphatic carbocycles. The minimum atomic E-state index is -0.361. The zero-order valence-corrected chi connectivity index (χ0v) is 12.7. The minimum Gasteiger partial charge on any atom is -0.362 e. The molecule has 0 fully saturated rings. The molecule has 0 radical (unpaired) electrons. The first-order valence-corrected chi connectivity index (χ1v) is 7.56. The van der Waals surface area contributed by atoms with E-state index in [0.717, 1.165) is 25.1 Å². The lowest BCUT2D eigenvalue weighted by molar-refractivity contribution is -0.120. The zero-order chi connectivity index (χ0) is 16.1. The molecule has 1 aromatic carbocycles. The summed E-state index contributed by atoms with van der Waals surface area (Å²) in [5.41, 5.74) is 7.67. The van der Waals surface area contributed by atoms with Crippen LogP contribution >= 0.6 is 0 Å². The number of hydrazine groups is 1. The van der Waals surface area contributed by atoms with E-state index in [1.54, 1.807) is 12.1 Å². The lowest BCUT2D eigenvalue weighted by Gasteiger charge is -2.30. The number of fused-ring (bicyclic) bond motifs is 1. The second-order valence-electron chi connectivity index (χ2n) is 5.39. The normalized spacial score (nSPS) is 13.1. The van der Waals surface area contributed by atoms with Crippen LogP contribution in [0.15, 0.2) is 48.8 Å². The first-order valence-electron chi connectivity index (χ1n) is 7.56. The summed E-state index contributed by atoms with van der Waals surface area (Å²) in [6, 6.07) is 11.3. The first kappa shape index (κ1) is 15.0. The summed E-state index contributed by atoms with van der Waals surface area (Å²) in [7, 11) is 0. The molecule has 0 spiro atoms. The highest BCUT2D eigenvalue weighted by atomic mass is 16.2. The fourth-order valence-corrected chi connectivity index (χ4v) is 2.69. The topological polar surface area (TPSA) is 74.3 Å². The van der Waals surface area contributed by atoms with Crippen molar-refractivity contribution in [3.63, 3.8) is 0 Å². The van der Waals surface area contributed by atoms with E-state index in [1.165, 1.54) is 18.0 Å². The van der Waals surface area contributed by atoms with Gasteiger partial charge in [-0.05, 0) is 36.6 Å². The van der Waals surface area contributed by atoms with Crippen LogP contribution in [0.2, 0.25) is 0 Å². The second kappa shape index (κ2) is 6.91.